The molecule has 4 nitrogen and oxygen atoms in total. The van der Waals surface area contributed by atoms with Gasteiger partial charge in [-0.15, -0.1) is 0 Å². The van der Waals surface area contributed by atoms with Gasteiger partial charge in [-0.2, -0.15) is 0 Å². The molecule has 1 aromatic carbocycles. The molecular weight excluding hydrogens is 217 g/mol. The minimum Gasteiger partial charge on any atom is -0.423 e. The molecule has 0 aromatic heterocycles. The van der Waals surface area contributed by atoms with Crippen molar-refractivity contribution in [3.63, 3.8) is 0 Å². The summed E-state index contributed by atoms with van der Waals surface area (Å²) in [6.45, 7) is 3.00. The number of benzene rings is 1. The number of amides is 1. The maximum absolute atomic E-state index is 11.4. The second-order valence-corrected chi connectivity index (χ2v) is 4.11. The summed E-state index contributed by atoms with van der Waals surface area (Å²) in [6, 6.07) is 5.82. The second kappa shape index (κ2) is 5.34. The summed E-state index contributed by atoms with van der Waals surface area (Å²) in [6.07, 6.45) is 1.08. The zero-order chi connectivity index (χ0) is 12.3. The number of aryl methyl sites for hydroxylation is 1. The Bertz CT molecular complexity index is 422. The van der Waals surface area contributed by atoms with Crippen molar-refractivity contribution in [1.82, 2.24) is 5.32 Å². The van der Waals surface area contributed by atoms with E-state index in [1.807, 2.05) is 25.1 Å². The van der Waals surface area contributed by atoms with E-state index < -0.39 is 7.12 Å². The Morgan fingerprint density at radius 1 is 1.59 bits per heavy atom. The number of hydrogen-bond acceptors (Lipinski definition) is 3. The minimum atomic E-state index is -0.838. The van der Waals surface area contributed by atoms with Crippen molar-refractivity contribution in [3.05, 3.63) is 29.3 Å². The lowest BCUT2D eigenvalue weighted by Gasteiger charge is -2.08. The fourth-order valence-corrected chi connectivity index (χ4v) is 2.11. The van der Waals surface area contributed by atoms with Gasteiger partial charge in [0.1, 0.15) is 0 Å². The zero-order valence-corrected chi connectivity index (χ0v) is 9.90. The number of carbonyl (C=O) groups is 1. The van der Waals surface area contributed by atoms with Crippen molar-refractivity contribution >= 4 is 18.5 Å². The van der Waals surface area contributed by atoms with Crippen molar-refractivity contribution in [2.75, 3.05) is 6.54 Å². The first-order chi connectivity index (χ1) is 8.22. The molecule has 0 saturated carbocycles. The molecule has 0 atom stereocenters. The molecule has 0 spiro atoms. The topological polar surface area (TPSA) is 58.6 Å². The molecule has 1 aliphatic heterocycles. The van der Waals surface area contributed by atoms with E-state index in [0.29, 0.717) is 26.0 Å². The SMILES string of the molecule is CCNC(=O)CCc1cccc2c1B(O)OC2. The zero-order valence-electron chi connectivity index (χ0n) is 9.90. The first kappa shape index (κ1) is 12.1. The van der Waals surface area contributed by atoms with Crippen LogP contribution in [-0.4, -0.2) is 24.6 Å². The molecule has 0 radical (unpaired) electrons. The summed E-state index contributed by atoms with van der Waals surface area (Å²) in [4.78, 5) is 11.4. The summed E-state index contributed by atoms with van der Waals surface area (Å²) >= 11 is 0. The summed E-state index contributed by atoms with van der Waals surface area (Å²) in [5.41, 5.74) is 2.86. The predicted octanol–water partition coefficient (Wildman–Crippen LogP) is -0.0270. The molecule has 0 aliphatic carbocycles. The van der Waals surface area contributed by atoms with Gasteiger partial charge in [-0.3, -0.25) is 4.79 Å². The van der Waals surface area contributed by atoms with Crippen molar-refractivity contribution in [2.24, 2.45) is 0 Å². The number of hydrogen-bond donors (Lipinski definition) is 2. The molecule has 2 N–H and O–H groups in total. The third-order valence-corrected chi connectivity index (χ3v) is 2.93. The van der Waals surface area contributed by atoms with Gasteiger partial charge < -0.3 is 15.0 Å². The molecule has 5 heteroatoms. The van der Waals surface area contributed by atoms with E-state index in [9.17, 15) is 9.82 Å². The van der Waals surface area contributed by atoms with E-state index in [-0.39, 0.29) is 5.91 Å². The standard InChI is InChI=1S/C12H16BNO3/c1-2-14-11(15)7-6-9-4-3-5-10-8-17-13(16)12(9)10/h3-5,16H,2,6-8H2,1H3,(H,14,15). The van der Waals surface area contributed by atoms with E-state index in [1.165, 1.54) is 0 Å². The van der Waals surface area contributed by atoms with Gasteiger partial charge in [-0.25, -0.2) is 0 Å². The molecule has 2 rings (SSSR count). The van der Waals surface area contributed by atoms with Gasteiger partial charge in [-0.1, -0.05) is 18.2 Å². The van der Waals surface area contributed by atoms with Crippen LogP contribution in [0.4, 0.5) is 0 Å². The Hall–Kier alpha value is -1.33. The first-order valence-electron chi connectivity index (χ1n) is 5.89. The lowest BCUT2D eigenvalue weighted by Crippen LogP contribution is -2.32. The maximum atomic E-state index is 11.4. The van der Waals surface area contributed by atoms with Crippen molar-refractivity contribution in [2.45, 2.75) is 26.4 Å². The van der Waals surface area contributed by atoms with Crippen molar-refractivity contribution in [1.29, 1.82) is 0 Å². The lowest BCUT2D eigenvalue weighted by atomic mass is 9.75. The highest BCUT2D eigenvalue weighted by atomic mass is 16.5. The fourth-order valence-electron chi connectivity index (χ4n) is 2.11. The van der Waals surface area contributed by atoms with Crippen LogP contribution in [0.3, 0.4) is 0 Å². The van der Waals surface area contributed by atoms with Crippen molar-refractivity contribution in [3.8, 4) is 0 Å². The van der Waals surface area contributed by atoms with Crippen LogP contribution in [-0.2, 0) is 22.5 Å². The largest absolute Gasteiger partial charge is 0.492 e. The van der Waals surface area contributed by atoms with Gasteiger partial charge in [0.2, 0.25) is 5.91 Å². The van der Waals surface area contributed by atoms with E-state index in [2.05, 4.69) is 5.32 Å². The van der Waals surface area contributed by atoms with Crippen LogP contribution in [0.15, 0.2) is 18.2 Å². The van der Waals surface area contributed by atoms with Gasteiger partial charge in [0, 0.05) is 13.0 Å². The highest BCUT2D eigenvalue weighted by molar-refractivity contribution is 6.62. The maximum Gasteiger partial charge on any atom is 0.492 e. The molecular formula is C12H16BNO3. The molecule has 90 valence electrons. The van der Waals surface area contributed by atoms with Gasteiger partial charge in [-0.05, 0) is 29.9 Å². The highest BCUT2D eigenvalue weighted by Gasteiger charge is 2.29. The lowest BCUT2D eigenvalue weighted by molar-refractivity contribution is -0.120. The summed E-state index contributed by atoms with van der Waals surface area (Å²) in [7, 11) is -0.838. The molecule has 17 heavy (non-hydrogen) atoms. The van der Waals surface area contributed by atoms with Crippen LogP contribution >= 0.6 is 0 Å². The molecule has 1 amide bonds. The van der Waals surface area contributed by atoms with Crippen molar-refractivity contribution < 1.29 is 14.5 Å². The fraction of sp³-hybridized carbons (Fsp3) is 0.417. The Morgan fingerprint density at radius 2 is 2.41 bits per heavy atom. The molecule has 1 aromatic rings. The number of rotatable bonds is 4. The van der Waals surface area contributed by atoms with E-state index in [0.717, 1.165) is 16.6 Å². The van der Waals surface area contributed by atoms with Crippen LogP contribution in [0.5, 0.6) is 0 Å². The van der Waals surface area contributed by atoms with Gasteiger partial charge in [0.25, 0.3) is 0 Å². The summed E-state index contributed by atoms with van der Waals surface area (Å²) in [5.74, 6) is 0.0403. The Kier molecular flexibility index (Phi) is 3.81. The summed E-state index contributed by atoms with van der Waals surface area (Å²) in [5, 5.41) is 12.5. The smallest absolute Gasteiger partial charge is 0.423 e. The Labute approximate surface area is 101 Å². The minimum absolute atomic E-state index is 0.0403. The molecule has 0 saturated heterocycles. The predicted molar refractivity (Wildman–Crippen MR) is 65.8 cm³/mol. The molecule has 0 bridgehead atoms. The third-order valence-electron chi connectivity index (χ3n) is 2.93. The average molecular weight is 233 g/mol. The van der Waals surface area contributed by atoms with Crippen LogP contribution in [0, 0.1) is 0 Å². The second-order valence-electron chi connectivity index (χ2n) is 4.11. The normalized spacial score (nSPS) is 13.6. The van der Waals surface area contributed by atoms with E-state index in [1.54, 1.807) is 0 Å². The Morgan fingerprint density at radius 3 is 3.18 bits per heavy atom. The molecule has 1 heterocycles. The van der Waals surface area contributed by atoms with Gasteiger partial charge in [0.15, 0.2) is 0 Å². The van der Waals surface area contributed by atoms with Crippen LogP contribution in [0.25, 0.3) is 0 Å². The first-order valence-corrected chi connectivity index (χ1v) is 5.89. The number of carbonyl (C=O) groups excluding carboxylic acids is 1. The van der Waals surface area contributed by atoms with E-state index in [4.69, 9.17) is 4.65 Å². The number of fused-ring (bicyclic) bond motifs is 1. The number of nitrogens with one attached hydrogen (secondary N) is 1. The van der Waals surface area contributed by atoms with Crippen LogP contribution < -0.4 is 10.8 Å². The third kappa shape index (κ3) is 2.68. The molecule has 1 aliphatic rings. The quantitative estimate of drug-likeness (QED) is 0.718. The highest BCUT2D eigenvalue weighted by Crippen LogP contribution is 2.13. The Balaban J connectivity index is 2.07. The summed E-state index contributed by atoms with van der Waals surface area (Å²) < 4.78 is 5.17. The van der Waals surface area contributed by atoms with Gasteiger partial charge >= 0.3 is 7.12 Å². The van der Waals surface area contributed by atoms with Crippen LogP contribution in [0.1, 0.15) is 24.5 Å². The van der Waals surface area contributed by atoms with Gasteiger partial charge in [0.05, 0.1) is 6.61 Å². The van der Waals surface area contributed by atoms with E-state index >= 15 is 0 Å². The average Bonchev–Trinajstić information content (AvgIpc) is 2.70. The molecule has 0 unspecified atom stereocenters. The van der Waals surface area contributed by atoms with Crippen LogP contribution in [0.2, 0.25) is 0 Å². The molecule has 0 fully saturated rings. The monoisotopic (exact) mass is 233 g/mol.